The Bertz CT molecular complexity index is 650. The van der Waals surface area contributed by atoms with Crippen LogP contribution in [0.15, 0.2) is 24.3 Å². The Labute approximate surface area is 139 Å². The lowest BCUT2D eigenvalue weighted by molar-refractivity contribution is -0.145. The Hall–Kier alpha value is -2.44. The highest BCUT2D eigenvalue weighted by atomic mass is 19.1. The topological polar surface area (TPSA) is 83.9 Å². The molecule has 7 heteroatoms. The Balaban J connectivity index is 2.18. The van der Waals surface area contributed by atoms with Crippen LogP contribution >= 0.6 is 0 Å². The van der Waals surface area contributed by atoms with Gasteiger partial charge in [-0.25, -0.2) is 18.9 Å². The number of amides is 2. The van der Waals surface area contributed by atoms with E-state index in [1.807, 2.05) is 0 Å². The van der Waals surface area contributed by atoms with Crippen molar-refractivity contribution in [3.8, 4) is 0 Å². The highest BCUT2D eigenvalue weighted by molar-refractivity contribution is 6.00. The van der Waals surface area contributed by atoms with Crippen LogP contribution < -0.4 is 0 Å². The molecular weight excluding hydrogens is 317 g/mol. The number of carboxylic acids is 1. The van der Waals surface area contributed by atoms with Gasteiger partial charge in [0, 0.05) is 5.92 Å². The number of aliphatic carboxylic acids is 1. The third-order valence-corrected chi connectivity index (χ3v) is 3.68. The molecule has 0 spiro atoms. The van der Waals surface area contributed by atoms with Crippen LogP contribution in [0.25, 0.3) is 0 Å². The number of imide groups is 1. The van der Waals surface area contributed by atoms with Gasteiger partial charge in [0.15, 0.2) is 0 Å². The molecule has 0 saturated carbocycles. The van der Waals surface area contributed by atoms with Gasteiger partial charge in [-0.3, -0.25) is 4.79 Å². The molecule has 0 aliphatic carbocycles. The molecule has 24 heavy (non-hydrogen) atoms. The standard InChI is InChI=1S/C17H20FNO5/c1-17(2,3)24-16(23)19-13(15(21)22)9-11(14(19)20)8-10-4-6-12(18)7-5-10/h4-7,11,13H,8-9H2,1-3H3,(H,21,22)/t11-,13+/m0/s1. The monoisotopic (exact) mass is 337 g/mol. The molecule has 2 amide bonds. The quantitative estimate of drug-likeness (QED) is 0.916. The maximum Gasteiger partial charge on any atom is 0.417 e. The SMILES string of the molecule is CC(C)(C)OC(=O)N1C(=O)[C@@H](Cc2ccc(F)cc2)C[C@@H]1C(=O)O. The molecule has 0 aromatic heterocycles. The number of benzene rings is 1. The molecular formula is C17H20FNO5. The summed E-state index contributed by atoms with van der Waals surface area (Å²) in [6, 6.07) is 4.37. The predicted molar refractivity (Wildman–Crippen MR) is 82.7 cm³/mol. The summed E-state index contributed by atoms with van der Waals surface area (Å²) < 4.78 is 18.1. The van der Waals surface area contributed by atoms with E-state index >= 15 is 0 Å². The molecule has 0 bridgehead atoms. The van der Waals surface area contributed by atoms with Gasteiger partial charge in [0.25, 0.3) is 0 Å². The minimum absolute atomic E-state index is 0.00475. The van der Waals surface area contributed by atoms with Crippen molar-refractivity contribution in [2.24, 2.45) is 5.92 Å². The molecule has 1 fully saturated rings. The van der Waals surface area contributed by atoms with Crippen molar-refractivity contribution in [3.63, 3.8) is 0 Å². The van der Waals surface area contributed by atoms with Crippen LogP contribution in [0.5, 0.6) is 0 Å². The Morgan fingerprint density at radius 2 is 1.88 bits per heavy atom. The zero-order valence-electron chi connectivity index (χ0n) is 13.8. The van der Waals surface area contributed by atoms with E-state index in [2.05, 4.69) is 0 Å². The molecule has 0 unspecified atom stereocenters. The number of carboxylic acid groups (broad SMARTS) is 1. The van der Waals surface area contributed by atoms with Crippen molar-refractivity contribution in [3.05, 3.63) is 35.6 Å². The fraction of sp³-hybridized carbons (Fsp3) is 0.471. The fourth-order valence-electron chi connectivity index (χ4n) is 2.64. The maximum atomic E-state index is 13.0. The summed E-state index contributed by atoms with van der Waals surface area (Å²) in [4.78, 5) is 36.8. The molecule has 130 valence electrons. The molecule has 6 nitrogen and oxygen atoms in total. The third kappa shape index (κ3) is 4.10. The number of hydrogen-bond acceptors (Lipinski definition) is 4. The van der Waals surface area contributed by atoms with E-state index in [1.54, 1.807) is 20.8 Å². The summed E-state index contributed by atoms with van der Waals surface area (Å²) in [5.41, 5.74) is -0.139. The van der Waals surface area contributed by atoms with Gasteiger partial charge >= 0.3 is 12.1 Å². The first kappa shape index (κ1) is 17.9. The number of carbonyl (C=O) groups excluding carboxylic acids is 2. The van der Waals surface area contributed by atoms with E-state index in [0.29, 0.717) is 10.5 Å². The molecule has 0 radical (unpaired) electrons. The van der Waals surface area contributed by atoms with Crippen LogP contribution in [0.3, 0.4) is 0 Å². The number of likely N-dealkylation sites (tertiary alicyclic amines) is 1. The number of ether oxygens (including phenoxy) is 1. The highest BCUT2D eigenvalue weighted by Gasteiger charge is 2.48. The summed E-state index contributed by atoms with van der Waals surface area (Å²) in [5, 5.41) is 9.32. The van der Waals surface area contributed by atoms with Gasteiger partial charge in [-0.15, -0.1) is 0 Å². The first-order valence-corrected chi connectivity index (χ1v) is 7.62. The van der Waals surface area contributed by atoms with Gasteiger partial charge in [0.2, 0.25) is 5.91 Å². The molecule has 1 aromatic carbocycles. The summed E-state index contributed by atoms with van der Waals surface area (Å²) >= 11 is 0. The Kier molecular flexibility index (Phi) is 4.91. The normalized spacial score (nSPS) is 21.0. The van der Waals surface area contributed by atoms with Gasteiger partial charge in [-0.2, -0.15) is 0 Å². The van der Waals surface area contributed by atoms with Crippen molar-refractivity contribution in [2.75, 3.05) is 0 Å². The van der Waals surface area contributed by atoms with Crippen molar-refractivity contribution < 1.29 is 28.6 Å². The van der Waals surface area contributed by atoms with Gasteiger partial charge in [0.1, 0.15) is 17.5 Å². The second-order valence-electron chi connectivity index (χ2n) is 6.81. The Morgan fingerprint density at radius 1 is 1.29 bits per heavy atom. The molecule has 1 heterocycles. The van der Waals surface area contributed by atoms with E-state index in [1.165, 1.54) is 24.3 Å². The molecule has 1 aliphatic rings. The first-order chi connectivity index (χ1) is 11.1. The fourth-order valence-corrected chi connectivity index (χ4v) is 2.64. The lowest BCUT2D eigenvalue weighted by Gasteiger charge is -2.25. The van der Waals surface area contributed by atoms with E-state index in [9.17, 15) is 23.9 Å². The minimum atomic E-state index is -1.25. The number of hydrogen-bond donors (Lipinski definition) is 1. The minimum Gasteiger partial charge on any atom is -0.480 e. The molecule has 2 atom stereocenters. The number of carbonyl (C=O) groups is 3. The summed E-state index contributed by atoms with van der Waals surface area (Å²) in [6.45, 7) is 4.91. The first-order valence-electron chi connectivity index (χ1n) is 7.62. The lowest BCUT2D eigenvalue weighted by Crippen LogP contribution is -2.45. The van der Waals surface area contributed by atoms with Gasteiger partial charge in [-0.1, -0.05) is 12.1 Å². The van der Waals surface area contributed by atoms with Crippen molar-refractivity contribution in [1.29, 1.82) is 0 Å². The van der Waals surface area contributed by atoms with E-state index in [-0.39, 0.29) is 12.8 Å². The highest BCUT2D eigenvalue weighted by Crippen LogP contribution is 2.29. The lowest BCUT2D eigenvalue weighted by atomic mass is 9.96. The van der Waals surface area contributed by atoms with Gasteiger partial charge < -0.3 is 9.84 Å². The predicted octanol–water partition coefficient (Wildman–Crippen LogP) is 2.61. The largest absolute Gasteiger partial charge is 0.480 e. The average molecular weight is 337 g/mol. The summed E-state index contributed by atoms with van der Waals surface area (Å²) in [5.74, 6) is -2.89. The zero-order valence-corrected chi connectivity index (χ0v) is 13.8. The number of rotatable bonds is 3. The van der Waals surface area contributed by atoms with Crippen LogP contribution in [-0.2, 0) is 20.7 Å². The number of halogens is 1. The smallest absolute Gasteiger partial charge is 0.417 e. The summed E-state index contributed by atoms with van der Waals surface area (Å²) in [7, 11) is 0. The zero-order chi connectivity index (χ0) is 18.1. The third-order valence-electron chi connectivity index (χ3n) is 3.68. The van der Waals surface area contributed by atoms with Gasteiger partial charge in [-0.05, 0) is 51.3 Å². The molecule has 1 N–H and O–H groups in total. The van der Waals surface area contributed by atoms with Gasteiger partial charge in [0.05, 0.1) is 0 Å². The molecule has 1 aliphatic heterocycles. The van der Waals surface area contributed by atoms with Crippen LogP contribution in [0.2, 0.25) is 0 Å². The number of nitrogens with zero attached hydrogens (tertiary/aromatic N) is 1. The van der Waals surface area contributed by atoms with Crippen molar-refractivity contribution in [1.82, 2.24) is 4.90 Å². The second kappa shape index (κ2) is 6.59. The van der Waals surface area contributed by atoms with E-state index < -0.39 is 41.3 Å². The van der Waals surface area contributed by atoms with Crippen LogP contribution in [-0.4, -0.2) is 39.6 Å². The summed E-state index contributed by atoms with van der Waals surface area (Å²) in [6.07, 6.45) is -0.714. The second-order valence-corrected chi connectivity index (χ2v) is 6.81. The van der Waals surface area contributed by atoms with Crippen LogP contribution in [0.4, 0.5) is 9.18 Å². The Morgan fingerprint density at radius 3 is 2.38 bits per heavy atom. The molecule has 1 saturated heterocycles. The van der Waals surface area contributed by atoms with Crippen molar-refractivity contribution >= 4 is 18.0 Å². The van der Waals surface area contributed by atoms with E-state index in [4.69, 9.17) is 4.74 Å². The average Bonchev–Trinajstić information content (AvgIpc) is 2.77. The van der Waals surface area contributed by atoms with Crippen molar-refractivity contribution in [2.45, 2.75) is 45.3 Å². The molecule has 1 aromatic rings. The molecule has 2 rings (SSSR count). The van der Waals surface area contributed by atoms with Crippen LogP contribution in [0.1, 0.15) is 32.8 Å². The van der Waals surface area contributed by atoms with Crippen LogP contribution in [0, 0.1) is 11.7 Å². The maximum absolute atomic E-state index is 13.0. The van der Waals surface area contributed by atoms with E-state index in [0.717, 1.165) is 0 Å².